The Morgan fingerprint density at radius 1 is 1.00 bits per heavy atom. The third-order valence-electron chi connectivity index (χ3n) is 2.29. The van der Waals surface area contributed by atoms with E-state index in [1.54, 1.807) is 0 Å². The zero-order chi connectivity index (χ0) is 16.5. The molecule has 0 heterocycles. The number of carbonyl (C=O) groups is 1. The average Bonchev–Trinajstić information content (AvgIpc) is 2.33. The Balaban J connectivity index is 2.99. The molecule has 1 aromatic carbocycles. The van der Waals surface area contributed by atoms with Gasteiger partial charge in [-0.1, -0.05) is 0 Å². The highest BCUT2D eigenvalue weighted by atomic mass is 19.4. The molecule has 0 atom stereocenters. The van der Waals surface area contributed by atoms with Gasteiger partial charge in [-0.25, -0.2) is 0 Å². The maximum Gasteiger partial charge on any atom is 0.456 e. The number of aldehydes is 1. The van der Waals surface area contributed by atoms with Crippen molar-refractivity contribution >= 4 is 6.29 Å². The number of alkyl halides is 8. The third kappa shape index (κ3) is 4.05. The number of halogens is 8. The Bertz CT molecular complexity index is 518. The lowest BCUT2D eigenvalue weighted by Gasteiger charge is -2.20. The summed E-state index contributed by atoms with van der Waals surface area (Å²) in [5, 5.41) is 0. The van der Waals surface area contributed by atoms with E-state index < -0.39 is 41.8 Å². The van der Waals surface area contributed by atoms with E-state index in [1.165, 1.54) is 0 Å². The summed E-state index contributed by atoms with van der Waals surface area (Å²) in [5.74, 6) is -6.08. The van der Waals surface area contributed by atoms with Crippen molar-refractivity contribution in [2.45, 2.75) is 18.3 Å². The maximum absolute atomic E-state index is 12.6. The molecular weight excluding hydrogens is 316 g/mol. The van der Waals surface area contributed by atoms with Gasteiger partial charge in [0.1, 0.15) is 5.75 Å². The average molecular weight is 322 g/mol. The van der Waals surface area contributed by atoms with Crippen molar-refractivity contribution in [3.63, 3.8) is 0 Å². The quantitative estimate of drug-likeness (QED) is 0.616. The molecule has 0 saturated heterocycles. The van der Waals surface area contributed by atoms with Gasteiger partial charge in [0.2, 0.25) is 0 Å². The summed E-state index contributed by atoms with van der Waals surface area (Å²) in [6, 6.07) is 1.47. The molecule has 1 rings (SSSR count). The van der Waals surface area contributed by atoms with Crippen molar-refractivity contribution in [1.29, 1.82) is 0 Å². The Morgan fingerprint density at radius 2 is 1.57 bits per heavy atom. The molecule has 0 radical (unpaired) electrons. The van der Waals surface area contributed by atoms with Gasteiger partial charge in [0.25, 0.3) is 0 Å². The zero-order valence-corrected chi connectivity index (χ0v) is 9.86. The molecule has 118 valence electrons. The normalized spacial score (nSPS) is 13.1. The van der Waals surface area contributed by atoms with Crippen molar-refractivity contribution in [1.82, 2.24) is 0 Å². The van der Waals surface area contributed by atoms with Gasteiger partial charge in [-0.2, -0.15) is 35.1 Å². The number of rotatable bonds is 4. The minimum absolute atomic E-state index is 0.128. The van der Waals surface area contributed by atoms with Gasteiger partial charge in [-0.05, 0) is 18.2 Å². The Kier molecular flexibility index (Phi) is 4.49. The molecule has 2 nitrogen and oxygen atoms in total. The first-order chi connectivity index (χ1) is 9.38. The molecule has 0 unspecified atom stereocenters. The standard InChI is InChI=1S/C11H6F8O2/c12-9(13,11(17,18)19)5-21-7-2-1-6(4-20)8(3-7)10(14,15)16/h1-4H,5H2. The Labute approximate surface area is 112 Å². The second-order valence-electron chi connectivity index (χ2n) is 3.86. The summed E-state index contributed by atoms with van der Waals surface area (Å²) in [6.07, 6.45) is -11.0. The van der Waals surface area contributed by atoms with Crippen LogP contribution in [0.5, 0.6) is 5.75 Å². The summed E-state index contributed by atoms with van der Waals surface area (Å²) >= 11 is 0. The van der Waals surface area contributed by atoms with Crippen LogP contribution in [0.1, 0.15) is 15.9 Å². The van der Waals surface area contributed by atoms with Crippen molar-refractivity contribution in [3.05, 3.63) is 29.3 Å². The molecular formula is C11H6F8O2. The van der Waals surface area contributed by atoms with Crippen molar-refractivity contribution in [2.24, 2.45) is 0 Å². The van der Waals surface area contributed by atoms with Crippen LogP contribution in [-0.2, 0) is 6.18 Å². The largest absolute Gasteiger partial charge is 0.487 e. The highest BCUT2D eigenvalue weighted by molar-refractivity contribution is 5.78. The molecule has 0 saturated carbocycles. The Hall–Kier alpha value is -1.87. The van der Waals surface area contributed by atoms with Crippen LogP contribution in [0.2, 0.25) is 0 Å². The Morgan fingerprint density at radius 3 is 2.00 bits per heavy atom. The van der Waals surface area contributed by atoms with Crippen molar-refractivity contribution < 1.29 is 44.7 Å². The van der Waals surface area contributed by atoms with Crippen LogP contribution in [0, 0.1) is 0 Å². The first-order valence-electron chi connectivity index (χ1n) is 5.12. The van der Waals surface area contributed by atoms with Crippen LogP contribution in [0.15, 0.2) is 18.2 Å². The third-order valence-corrected chi connectivity index (χ3v) is 2.29. The van der Waals surface area contributed by atoms with Gasteiger partial charge in [-0.15, -0.1) is 0 Å². The van der Waals surface area contributed by atoms with E-state index in [4.69, 9.17) is 0 Å². The molecule has 0 amide bonds. The van der Waals surface area contributed by atoms with E-state index >= 15 is 0 Å². The van der Waals surface area contributed by atoms with Crippen LogP contribution in [0.4, 0.5) is 35.1 Å². The lowest BCUT2D eigenvalue weighted by atomic mass is 10.1. The lowest BCUT2D eigenvalue weighted by Crippen LogP contribution is -2.41. The van der Waals surface area contributed by atoms with E-state index in [1.807, 2.05) is 0 Å². The second kappa shape index (κ2) is 5.49. The van der Waals surface area contributed by atoms with E-state index in [9.17, 15) is 39.9 Å². The fourth-order valence-corrected chi connectivity index (χ4v) is 1.23. The molecule has 0 aliphatic rings. The molecule has 0 aliphatic carbocycles. The zero-order valence-electron chi connectivity index (χ0n) is 9.86. The van der Waals surface area contributed by atoms with E-state index in [0.717, 1.165) is 0 Å². The summed E-state index contributed by atoms with van der Waals surface area (Å²) in [4.78, 5) is 10.4. The predicted molar refractivity (Wildman–Crippen MR) is 53.3 cm³/mol. The molecule has 0 spiro atoms. The fourth-order valence-electron chi connectivity index (χ4n) is 1.23. The van der Waals surface area contributed by atoms with Gasteiger partial charge in [0.15, 0.2) is 12.9 Å². The van der Waals surface area contributed by atoms with Gasteiger partial charge in [0.05, 0.1) is 5.56 Å². The van der Waals surface area contributed by atoms with Crippen molar-refractivity contribution in [2.75, 3.05) is 6.61 Å². The highest BCUT2D eigenvalue weighted by Gasteiger charge is 2.58. The number of ether oxygens (including phenoxy) is 1. The highest BCUT2D eigenvalue weighted by Crippen LogP contribution is 2.37. The van der Waals surface area contributed by atoms with E-state index in [-0.39, 0.29) is 12.4 Å². The molecule has 0 aromatic heterocycles. The summed E-state index contributed by atoms with van der Waals surface area (Å²) < 4.78 is 102. The monoisotopic (exact) mass is 322 g/mol. The number of hydrogen-bond donors (Lipinski definition) is 0. The predicted octanol–water partition coefficient (Wildman–Crippen LogP) is 4.09. The SMILES string of the molecule is O=Cc1ccc(OCC(F)(F)C(F)(F)F)cc1C(F)(F)F. The van der Waals surface area contributed by atoms with Crippen LogP contribution in [0.3, 0.4) is 0 Å². The molecule has 0 N–H and O–H groups in total. The number of benzene rings is 1. The molecule has 0 aliphatic heterocycles. The first-order valence-corrected chi connectivity index (χ1v) is 5.12. The number of carbonyl (C=O) groups excluding carboxylic acids is 1. The topological polar surface area (TPSA) is 26.3 Å². The van der Waals surface area contributed by atoms with E-state index in [0.29, 0.717) is 12.1 Å². The molecule has 1 aromatic rings. The van der Waals surface area contributed by atoms with Gasteiger partial charge >= 0.3 is 18.3 Å². The van der Waals surface area contributed by atoms with Crippen LogP contribution >= 0.6 is 0 Å². The molecule has 0 bridgehead atoms. The molecule has 10 heteroatoms. The van der Waals surface area contributed by atoms with Crippen molar-refractivity contribution in [3.8, 4) is 5.75 Å². The lowest BCUT2D eigenvalue weighted by molar-refractivity contribution is -0.290. The van der Waals surface area contributed by atoms with Gasteiger partial charge in [-0.3, -0.25) is 4.79 Å². The molecule has 21 heavy (non-hydrogen) atoms. The smallest absolute Gasteiger partial charge is 0.456 e. The maximum atomic E-state index is 12.6. The van der Waals surface area contributed by atoms with Crippen LogP contribution in [0.25, 0.3) is 0 Å². The van der Waals surface area contributed by atoms with E-state index in [2.05, 4.69) is 4.74 Å². The summed E-state index contributed by atoms with van der Waals surface area (Å²) in [5.41, 5.74) is -2.29. The minimum atomic E-state index is -5.89. The van der Waals surface area contributed by atoms with Gasteiger partial charge < -0.3 is 4.74 Å². The summed E-state index contributed by atoms with van der Waals surface area (Å²) in [7, 11) is 0. The van der Waals surface area contributed by atoms with Crippen LogP contribution in [-0.4, -0.2) is 25.0 Å². The first kappa shape index (κ1) is 17.2. The van der Waals surface area contributed by atoms with Crippen LogP contribution < -0.4 is 4.74 Å². The summed E-state index contributed by atoms with van der Waals surface area (Å²) in [6.45, 7) is -2.17. The molecule has 0 fully saturated rings. The second-order valence-corrected chi connectivity index (χ2v) is 3.86. The van der Waals surface area contributed by atoms with Gasteiger partial charge in [0, 0.05) is 5.56 Å². The number of hydrogen-bond acceptors (Lipinski definition) is 2. The minimum Gasteiger partial charge on any atom is -0.487 e. The fraction of sp³-hybridized carbons (Fsp3) is 0.364.